The molecule has 0 bridgehead atoms. The molecule has 0 spiro atoms. The van der Waals surface area contributed by atoms with Crippen molar-refractivity contribution in [2.45, 2.75) is 45.4 Å². The maximum atomic E-state index is 11.9. The number of carbonyl (C=O) groups is 1. The van der Waals surface area contributed by atoms with Crippen LogP contribution in [0.2, 0.25) is 0 Å². The first-order chi connectivity index (χ1) is 9.79. The van der Waals surface area contributed by atoms with Crippen LogP contribution in [0.5, 0.6) is 0 Å². The van der Waals surface area contributed by atoms with Gasteiger partial charge in [-0.25, -0.2) is 0 Å². The van der Waals surface area contributed by atoms with Crippen LogP contribution in [0.3, 0.4) is 0 Å². The summed E-state index contributed by atoms with van der Waals surface area (Å²) in [6, 6.07) is 14.2. The van der Waals surface area contributed by atoms with Crippen LogP contribution < -0.4 is 5.32 Å². The average Bonchev–Trinajstić information content (AvgIpc) is 2.47. The van der Waals surface area contributed by atoms with Gasteiger partial charge in [-0.05, 0) is 29.3 Å². The second-order valence-corrected chi connectivity index (χ2v) is 5.27. The van der Waals surface area contributed by atoms with Crippen LogP contribution in [0.1, 0.15) is 45.4 Å². The van der Waals surface area contributed by atoms with E-state index in [2.05, 4.69) is 24.4 Å². The van der Waals surface area contributed by atoms with E-state index < -0.39 is 0 Å². The molecule has 2 heteroatoms. The van der Waals surface area contributed by atoms with E-state index in [-0.39, 0.29) is 5.91 Å². The van der Waals surface area contributed by atoms with E-state index in [9.17, 15) is 4.79 Å². The molecular formula is C18H23NO. The van der Waals surface area contributed by atoms with Gasteiger partial charge in [0.15, 0.2) is 0 Å². The number of carbonyl (C=O) groups excluding carboxylic acids is 1. The zero-order valence-corrected chi connectivity index (χ0v) is 12.2. The van der Waals surface area contributed by atoms with Gasteiger partial charge >= 0.3 is 0 Å². The predicted molar refractivity (Wildman–Crippen MR) is 86.0 cm³/mol. The van der Waals surface area contributed by atoms with Gasteiger partial charge in [0.2, 0.25) is 5.91 Å². The van der Waals surface area contributed by atoms with Gasteiger partial charge in [-0.15, -0.1) is 0 Å². The van der Waals surface area contributed by atoms with E-state index in [1.165, 1.54) is 24.6 Å². The lowest BCUT2D eigenvalue weighted by atomic mass is 10.1. The van der Waals surface area contributed by atoms with Crippen LogP contribution >= 0.6 is 0 Å². The Morgan fingerprint density at radius 1 is 0.950 bits per heavy atom. The van der Waals surface area contributed by atoms with Crippen molar-refractivity contribution in [3.8, 4) is 0 Å². The molecule has 106 valence electrons. The van der Waals surface area contributed by atoms with Crippen molar-refractivity contribution in [1.82, 2.24) is 0 Å². The number of unbranched alkanes of at least 4 members (excludes halogenated alkanes) is 4. The summed E-state index contributed by atoms with van der Waals surface area (Å²) < 4.78 is 0. The van der Waals surface area contributed by atoms with Gasteiger partial charge in [0.05, 0.1) is 0 Å². The molecule has 20 heavy (non-hydrogen) atoms. The molecule has 0 aromatic heterocycles. The maximum Gasteiger partial charge on any atom is 0.224 e. The third kappa shape index (κ3) is 4.37. The first kappa shape index (κ1) is 14.6. The molecule has 1 amide bonds. The minimum Gasteiger partial charge on any atom is -0.326 e. The fourth-order valence-electron chi connectivity index (χ4n) is 2.38. The molecule has 0 saturated carbocycles. The maximum absolute atomic E-state index is 11.9. The summed E-state index contributed by atoms with van der Waals surface area (Å²) in [5, 5.41) is 5.35. The lowest BCUT2D eigenvalue weighted by Crippen LogP contribution is -2.10. The summed E-state index contributed by atoms with van der Waals surface area (Å²) >= 11 is 0. The van der Waals surface area contributed by atoms with Crippen LogP contribution in [0, 0.1) is 0 Å². The molecular weight excluding hydrogens is 246 g/mol. The highest BCUT2D eigenvalue weighted by atomic mass is 16.1. The molecule has 2 nitrogen and oxygen atoms in total. The molecule has 0 heterocycles. The molecule has 0 saturated heterocycles. The average molecular weight is 269 g/mol. The Morgan fingerprint density at radius 3 is 2.50 bits per heavy atom. The third-order valence-electron chi connectivity index (χ3n) is 3.54. The Bertz CT molecular complexity index is 562. The molecule has 0 aliphatic rings. The van der Waals surface area contributed by atoms with Crippen molar-refractivity contribution in [2.24, 2.45) is 0 Å². The molecule has 0 radical (unpaired) electrons. The summed E-state index contributed by atoms with van der Waals surface area (Å²) in [4.78, 5) is 11.9. The van der Waals surface area contributed by atoms with E-state index in [1.807, 2.05) is 30.3 Å². The van der Waals surface area contributed by atoms with E-state index in [4.69, 9.17) is 0 Å². The number of fused-ring (bicyclic) bond motifs is 1. The van der Waals surface area contributed by atoms with E-state index in [0.29, 0.717) is 6.42 Å². The quantitative estimate of drug-likeness (QED) is 0.693. The van der Waals surface area contributed by atoms with Gasteiger partial charge in [0.1, 0.15) is 0 Å². The number of rotatable bonds is 7. The molecule has 2 aromatic carbocycles. The molecule has 0 aliphatic heterocycles. The van der Waals surface area contributed by atoms with E-state index in [1.54, 1.807) is 0 Å². The van der Waals surface area contributed by atoms with Crippen LogP contribution in [0.4, 0.5) is 5.69 Å². The zero-order valence-electron chi connectivity index (χ0n) is 12.2. The third-order valence-corrected chi connectivity index (χ3v) is 3.54. The first-order valence-electron chi connectivity index (χ1n) is 7.58. The Balaban J connectivity index is 1.83. The van der Waals surface area contributed by atoms with Gasteiger partial charge in [-0.2, -0.15) is 0 Å². The highest BCUT2D eigenvalue weighted by molar-refractivity contribution is 5.94. The fraction of sp³-hybridized carbons (Fsp3) is 0.389. The lowest BCUT2D eigenvalue weighted by Gasteiger charge is -2.06. The number of benzene rings is 2. The zero-order chi connectivity index (χ0) is 14.2. The summed E-state index contributed by atoms with van der Waals surface area (Å²) in [6.45, 7) is 2.20. The second-order valence-electron chi connectivity index (χ2n) is 5.27. The Kier molecular flexibility index (Phi) is 5.60. The van der Waals surface area contributed by atoms with Gasteiger partial charge in [0.25, 0.3) is 0 Å². The van der Waals surface area contributed by atoms with Gasteiger partial charge in [-0.3, -0.25) is 4.79 Å². The van der Waals surface area contributed by atoms with Crippen molar-refractivity contribution in [3.05, 3.63) is 42.5 Å². The van der Waals surface area contributed by atoms with Crippen LogP contribution in [0.25, 0.3) is 10.8 Å². The van der Waals surface area contributed by atoms with Crippen LogP contribution in [-0.2, 0) is 4.79 Å². The monoisotopic (exact) mass is 269 g/mol. The fourth-order valence-corrected chi connectivity index (χ4v) is 2.38. The predicted octanol–water partition coefficient (Wildman–Crippen LogP) is 5.14. The van der Waals surface area contributed by atoms with Crippen LogP contribution in [0.15, 0.2) is 42.5 Å². The molecule has 0 atom stereocenters. The molecule has 2 rings (SSSR count). The summed E-state index contributed by atoms with van der Waals surface area (Å²) in [5.74, 6) is 0.122. The minimum absolute atomic E-state index is 0.122. The molecule has 0 unspecified atom stereocenters. The smallest absolute Gasteiger partial charge is 0.224 e. The summed E-state index contributed by atoms with van der Waals surface area (Å²) in [5.41, 5.74) is 0.891. The van der Waals surface area contributed by atoms with Crippen molar-refractivity contribution < 1.29 is 4.79 Å². The number of hydrogen-bond donors (Lipinski definition) is 1. The van der Waals surface area contributed by atoms with Gasteiger partial charge in [0, 0.05) is 12.1 Å². The Hall–Kier alpha value is -1.83. The highest BCUT2D eigenvalue weighted by Crippen LogP contribution is 2.19. The standard InChI is InChI=1S/C18H23NO/c1-2-3-4-5-6-11-18(20)19-17-13-12-15-9-7-8-10-16(15)14-17/h7-10,12-14H,2-6,11H2,1H3,(H,19,20). The largest absolute Gasteiger partial charge is 0.326 e. The molecule has 1 N–H and O–H groups in total. The molecule has 0 aliphatic carbocycles. The first-order valence-corrected chi connectivity index (χ1v) is 7.58. The normalized spacial score (nSPS) is 10.7. The topological polar surface area (TPSA) is 29.1 Å². The van der Waals surface area contributed by atoms with Crippen LogP contribution in [-0.4, -0.2) is 5.91 Å². The summed E-state index contributed by atoms with van der Waals surface area (Å²) in [6.07, 6.45) is 6.50. The number of anilines is 1. The van der Waals surface area contributed by atoms with Crippen molar-refractivity contribution >= 4 is 22.4 Å². The minimum atomic E-state index is 0.122. The lowest BCUT2D eigenvalue weighted by molar-refractivity contribution is -0.116. The van der Waals surface area contributed by atoms with Crippen molar-refractivity contribution in [2.75, 3.05) is 5.32 Å². The van der Waals surface area contributed by atoms with Crippen molar-refractivity contribution in [3.63, 3.8) is 0 Å². The van der Waals surface area contributed by atoms with Gasteiger partial charge in [-0.1, -0.05) is 62.9 Å². The molecule has 0 fully saturated rings. The van der Waals surface area contributed by atoms with Crippen molar-refractivity contribution in [1.29, 1.82) is 0 Å². The number of amides is 1. The second kappa shape index (κ2) is 7.68. The number of hydrogen-bond acceptors (Lipinski definition) is 1. The van der Waals surface area contributed by atoms with Gasteiger partial charge < -0.3 is 5.32 Å². The Labute approximate surface area is 121 Å². The highest BCUT2D eigenvalue weighted by Gasteiger charge is 2.03. The molecule has 2 aromatic rings. The van der Waals surface area contributed by atoms with E-state index in [0.717, 1.165) is 23.9 Å². The number of nitrogens with one attached hydrogen (secondary N) is 1. The Morgan fingerprint density at radius 2 is 1.70 bits per heavy atom. The summed E-state index contributed by atoms with van der Waals surface area (Å²) in [7, 11) is 0. The van der Waals surface area contributed by atoms with E-state index >= 15 is 0 Å². The SMILES string of the molecule is CCCCCCCC(=O)Nc1ccc2ccccc2c1.